The molecule has 192 valence electrons. The monoisotopic (exact) mass is 493 g/mol. The zero-order valence-electron chi connectivity index (χ0n) is 21.1. The van der Waals surface area contributed by atoms with Gasteiger partial charge >= 0.3 is 0 Å². The number of rotatable bonds is 7. The van der Waals surface area contributed by atoms with Crippen LogP contribution in [-0.2, 0) is 30.3 Å². The molecule has 8 heteroatoms. The first-order chi connectivity index (χ1) is 17.7. The lowest BCUT2D eigenvalue weighted by Gasteiger charge is -2.20. The minimum absolute atomic E-state index is 0.171. The Balaban J connectivity index is 1.44. The largest absolute Gasteiger partial charge is 0.377 e. The van der Waals surface area contributed by atoms with E-state index in [1.807, 2.05) is 68.4 Å². The number of aromatic nitrogens is 3. The lowest BCUT2D eigenvalue weighted by Crippen LogP contribution is -2.29. The smallest absolute Gasteiger partial charge is 0.104 e. The molecular formula is C28H35N3O5. The van der Waals surface area contributed by atoms with Gasteiger partial charge in [-0.15, -0.1) is 0 Å². The van der Waals surface area contributed by atoms with Gasteiger partial charge in [0.25, 0.3) is 0 Å². The van der Waals surface area contributed by atoms with Gasteiger partial charge in [0, 0.05) is 11.4 Å². The average Bonchev–Trinajstić information content (AvgIpc) is 2.86. The summed E-state index contributed by atoms with van der Waals surface area (Å²) in [7, 11) is 0. The van der Waals surface area contributed by atoms with Gasteiger partial charge in [-0.25, -0.2) is 0 Å². The molecule has 1 aliphatic rings. The average molecular weight is 494 g/mol. The Kier molecular flexibility index (Phi) is 10.3. The number of aryl methyl sites for hydroxylation is 2. The third-order valence-electron chi connectivity index (χ3n) is 5.72. The summed E-state index contributed by atoms with van der Waals surface area (Å²) in [6.45, 7) is 8.39. The Morgan fingerprint density at radius 2 is 1.28 bits per heavy atom. The van der Waals surface area contributed by atoms with Crippen LogP contribution in [0.2, 0.25) is 0 Å². The first-order valence-corrected chi connectivity index (χ1v) is 12.4. The van der Waals surface area contributed by atoms with E-state index in [-0.39, 0.29) is 12.0 Å². The third kappa shape index (κ3) is 8.15. The van der Waals surface area contributed by atoms with E-state index in [0.717, 1.165) is 34.2 Å². The van der Waals surface area contributed by atoms with Crippen LogP contribution in [0.1, 0.15) is 40.1 Å². The van der Waals surface area contributed by atoms with Crippen molar-refractivity contribution >= 4 is 0 Å². The molecule has 0 spiro atoms. The van der Waals surface area contributed by atoms with Crippen molar-refractivity contribution < 1.29 is 23.7 Å². The number of pyridine rings is 3. The van der Waals surface area contributed by atoms with Gasteiger partial charge in [0.05, 0.1) is 88.2 Å². The maximum absolute atomic E-state index is 6.00. The van der Waals surface area contributed by atoms with Crippen molar-refractivity contribution in [1.82, 2.24) is 15.0 Å². The second-order valence-electron chi connectivity index (χ2n) is 8.70. The van der Waals surface area contributed by atoms with Crippen LogP contribution >= 0.6 is 0 Å². The molecule has 3 aromatic rings. The van der Waals surface area contributed by atoms with E-state index in [2.05, 4.69) is 0 Å². The molecule has 0 aliphatic carbocycles. The molecule has 36 heavy (non-hydrogen) atoms. The zero-order chi connectivity index (χ0) is 25.0. The van der Waals surface area contributed by atoms with E-state index in [1.54, 1.807) is 0 Å². The first kappa shape index (κ1) is 26.3. The minimum atomic E-state index is -0.183. The molecule has 4 rings (SSSR count). The minimum Gasteiger partial charge on any atom is -0.377 e. The highest BCUT2D eigenvalue weighted by Gasteiger charge is 2.22. The van der Waals surface area contributed by atoms with Crippen molar-refractivity contribution in [3.05, 3.63) is 88.8 Å². The van der Waals surface area contributed by atoms with Crippen molar-refractivity contribution in [2.75, 3.05) is 52.9 Å². The molecule has 0 amide bonds. The molecule has 0 bridgehead atoms. The summed E-state index contributed by atoms with van der Waals surface area (Å²) in [5.74, 6) is -0.171. The molecule has 1 aliphatic heterocycles. The van der Waals surface area contributed by atoms with Gasteiger partial charge in [-0.3, -0.25) is 15.0 Å². The van der Waals surface area contributed by atoms with E-state index in [0.29, 0.717) is 59.5 Å². The van der Waals surface area contributed by atoms with Crippen molar-refractivity contribution in [2.24, 2.45) is 0 Å². The van der Waals surface area contributed by atoms with Crippen LogP contribution in [0.25, 0.3) is 0 Å². The molecule has 0 aromatic carbocycles. The fraction of sp³-hybridized carbons (Fsp3) is 0.464. The Labute approximate surface area is 213 Å². The highest BCUT2D eigenvalue weighted by Crippen LogP contribution is 2.29. The maximum Gasteiger partial charge on any atom is 0.104 e. The van der Waals surface area contributed by atoms with Crippen LogP contribution in [0.15, 0.2) is 54.6 Å². The highest BCUT2D eigenvalue weighted by molar-refractivity contribution is 5.35. The molecule has 1 unspecified atom stereocenters. The van der Waals surface area contributed by atoms with Crippen molar-refractivity contribution in [2.45, 2.75) is 32.5 Å². The van der Waals surface area contributed by atoms with Gasteiger partial charge in [0.15, 0.2) is 0 Å². The summed E-state index contributed by atoms with van der Waals surface area (Å²) in [6.07, 6.45) is -0.183. The summed E-state index contributed by atoms with van der Waals surface area (Å²) >= 11 is 0. The van der Waals surface area contributed by atoms with Gasteiger partial charge in [0.1, 0.15) is 6.10 Å². The Bertz CT molecular complexity index is 1020. The Hall–Kier alpha value is -2.75. The van der Waals surface area contributed by atoms with E-state index in [1.165, 1.54) is 0 Å². The standard InChI is InChI=1S/C28H35N3O5/c1-21-6-3-9-25(29-21)28(26-10-4-7-22(2)30-26)27-11-5-8-23(31-27)18-35-20-24-19-34-15-14-32-12-13-33-16-17-36-24/h3-11,24,28H,12-20H2,1-2H3. The molecule has 1 saturated heterocycles. The molecule has 3 aromatic heterocycles. The normalized spacial score (nSPS) is 17.9. The van der Waals surface area contributed by atoms with Gasteiger partial charge in [-0.05, 0) is 50.2 Å². The second-order valence-corrected chi connectivity index (χ2v) is 8.70. The number of hydrogen-bond acceptors (Lipinski definition) is 8. The van der Waals surface area contributed by atoms with Crippen molar-refractivity contribution in [3.8, 4) is 0 Å². The summed E-state index contributed by atoms with van der Waals surface area (Å²) in [4.78, 5) is 14.5. The fourth-order valence-corrected chi connectivity index (χ4v) is 4.01. The topological polar surface area (TPSA) is 84.8 Å². The highest BCUT2D eigenvalue weighted by atomic mass is 16.6. The summed E-state index contributed by atoms with van der Waals surface area (Å²) < 4.78 is 28.5. The van der Waals surface area contributed by atoms with Gasteiger partial charge in [-0.1, -0.05) is 18.2 Å². The molecule has 1 fully saturated rings. The van der Waals surface area contributed by atoms with E-state index >= 15 is 0 Å². The van der Waals surface area contributed by atoms with Crippen LogP contribution in [0.5, 0.6) is 0 Å². The molecule has 0 saturated carbocycles. The SMILES string of the molecule is Cc1cccc(C(c2cccc(C)n2)c2cccc(COCC3COCCOCCOCCO3)n2)n1. The predicted octanol–water partition coefficient (Wildman–Crippen LogP) is 3.63. The number of hydrogen-bond donors (Lipinski definition) is 0. The fourth-order valence-electron chi connectivity index (χ4n) is 4.01. The van der Waals surface area contributed by atoms with Crippen LogP contribution < -0.4 is 0 Å². The molecule has 0 radical (unpaired) electrons. The van der Waals surface area contributed by atoms with E-state index in [4.69, 9.17) is 38.6 Å². The van der Waals surface area contributed by atoms with Gasteiger partial charge in [-0.2, -0.15) is 0 Å². The number of ether oxygens (including phenoxy) is 5. The molecule has 0 N–H and O–H groups in total. The molecule has 4 heterocycles. The van der Waals surface area contributed by atoms with E-state index in [9.17, 15) is 0 Å². The van der Waals surface area contributed by atoms with Gasteiger partial charge in [0.2, 0.25) is 0 Å². The number of nitrogens with zero attached hydrogens (tertiary/aromatic N) is 3. The third-order valence-corrected chi connectivity index (χ3v) is 5.72. The lowest BCUT2D eigenvalue weighted by molar-refractivity contribution is -0.0924. The summed E-state index contributed by atoms with van der Waals surface area (Å²) in [5, 5.41) is 0. The lowest BCUT2D eigenvalue weighted by atomic mass is 9.95. The Morgan fingerprint density at radius 3 is 1.92 bits per heavy atom. The quantitative estimate of drug-likeness (QED) is 0.493. The second kappa shape index (κ2) is 14.1. The van der Waals surface area contributed by atoms with Crippen molar-refractivity contribution in [3.63, 3.8) is 0 Å². The molecular weight excluding hydrogens is 458 g/mol. The summed E-state index contributed by atoms with van der Waals surface area (Å²) in [5.41, 5.74) is 5.48. The first-order valence-electron chi connectivity index (χ1n) is 12.4. The molecule has 1 atom stereocenters. The summed E-state index contributed by atoms with van der Waals surface area (Å²) in [6, 6.07) is 18.1. The van der Waals surface area contributed by atoms with Crippen molar-refractivity contribution in [1.29, 1.82) is 0 Å². The predicted molar refractivity (Wildman–Crippen MR) is 135 cm³/mol. The van der Waals surface area contributed by atoms with Crippen LogP contribution in [0, 0.1) is 13.8 Å². The van der Waals surface area contributed by atoms with Gasteiger partial charge < -0.3 is 23.7 Å². The maximum atomic E-state index is 6.00. The van der Waals surface area contributed by atoms with Crippen LogP contribution in [0.3, 0.4) is 0 Å². The zero-order valence-corrected chi connectivity index (χ0v) is 21.1. The van der Waals surface area contributed by atoms with Crippen LogP contribution in [-0.4, -0.2) is 73.9 Å². The Morgan fingerprint density at radius 1 is 0.722 bits per heavy atom. The van der Waals surface area contributed by atoms with E-state index < -0.39 is 0 Å². The van der Waals surface area contributed by atoms with Crippen LogP contribution in [0.4, 0.5) is 0 Å². The molecule has 8 nitrogen and oxygen atoms in total.